The van der Waals surface area contributed by atoms with Crippen LogP contribution in [0.4, 0.5) is 21.9 Å². The van der Waals surface area contributed by atoms with Crippen molar-refractivity contribution >= 4 is 23.2 Å². The van der Waals surface area contributed by atoms with E-state index in [0.717, 1.165) is 11.1 Å². The lowest BCUT2D eigenvalue weighted by atomic mass is 10.0. The molecule has 31 heavy (non-hydrogen) atoms. The minimum Gasteiger partial charge on any atom is -0.446 e. The molecule has 0 fully saturated rings. The second kappa shape index (κ2) is 9.71. The van der Waals surface area contributed by atoms with Crippen molar-refractivity contribution in [3.05, 3.63) is 93.3 Å². The van der Waals surface area contributed by atoms with Crippen molar-refractivity contribution in [3.8, 4) is 0 Å². The van der Waals surface area contributed by atoms with E-state index in [4.69, 9.17) is 10.5 Å². The highest BCUT2D eigenvalue weighted by atomic mass is 16.6. The van der Waals surface area contributed by atoms with E-state index in [-0.39, 0.29) is 5.69 Å². The monoisotopic (exact) mass is 420 g/mol. The van der Waals surface area contributed by atoms with Gasteiger partial charge in [-0.15, -0.1) is 0 Å². The minimum atomic E-state index is -0.810. The van der Waals surface area contributed by atoms with E-state index in [0.29, 0.717) is 35.6 Å². The van der Waals surface area contributed by atoms with Crippen molar-refractivity contribution in [1.29, 1.82) is 0 Å². The van der Waals surface area contributed by atoms with Gasteiger partial charge in [0.2, 0.25) is 0 Å². The molecular weight excluding hydrogens is 396 g/mol. The first-order chi connectivity index (χ1) is 14.8. The van der Waals surface area contributed by atoms with Crippen molar-refractivity contribution in [2.45, 2.75) is 32.8 Å². The number of nitrogens with two attached hydrogens (primary N) is 1. The summed E-state index contributed by atoms with van der Waals surface area (Å²) >= 11 is 0. The van der Waals surface area contributed by atoms with E-state index in [1.807, 2.05) is 54.6 Å². The third-order valence-electron chi connectivity index (χ3n) is 4.76. The molecule has 3 aromatic rings. The first-order valence-corrected chi connectivity index (χ1v) is 9.80. The van der Waals surface area contributed by atoms with Gasteiger partial charge in [0, 0.05) is 24.2 Å². The number of rotatable bonds is 8. The maximum atomic E-state index is 11.4. The zero-order chi connectivity index (χ0) is 22.4. The summed E-state index contributed by atoms with van der Waals surface area (Å²) in [6.07, 6.45) is -0.169. The first kappa shape index (κ1) is 21.8. The van der Waals surface area contributed by atoms with Crippen LogP contribution in [-0.2, 0) is 17.6 Å². The van der Waals surface area contributed by atoms with Crippen LogP contribution in [0.15, 0.2) is 60.7 Å². The first-order valence-electron chi connectivity index (χ1n) is 9.80. The zero-order valence-corrected chi connectivity index (χ0v) is 17.4. The van der Waals surface area contributed by atoms with Crippen LogP contribution >= 0.6 is 0 Å². The van der Waals surface area contributed by atoms with Gasteiger partial charge in [-0.2, -0.15) is 0 Å². The Bertz CT molecular complexity index is 1070. The number of hydrogen-bond donors (Lipinski definition) is 2. The van der Waals surface area contributed by atoms with Crippen molar-refractivity contribution in [3.63, 3.8) is 0 Å². The molecule has 160 valence electrons. The molecule has 0 aliphatic heterocycles. The van der Waals surface area contributed by atoms with Crippen molar-refractivity contribution in [2.24, 2.45) is 5.73 Å². The van der Waals surface area contributed by atoms with Crippen LogP contribution in [0.5, 0.6) is 0 Å². The van der Waals surface area contributed by atoms with Gasteiger partial charge < -0.3 is 15.8 Å². The van der Waals surface area contributed by atoms with Crippen LogP contribution in [0, 0.1) is 24.0 Å². The number of anilines is 2. The molecule has 3 N–H and O–H groups in total. The molecule has 0 aliphatic carbocycles. The fourth-order valence-electron chi connectivity index (χ4n) is 3.49. The Morgan fingerprint density at radius 2 is 1.71 bits per heavy atom. The summed E-state index contributed by atoms with van der Waals surface area (Å²) in [6.45, 7) is 3.40. The number of nitrogens with one attached hydrogen (secondary N) is 1. The van der Waals surface area contributed by atoms with Crippen molar-refractivity contribution in [1.82, 2.24) is 4.98 Å². The number of pyridine rings is 1. The standard InChI is InChI=1S/C23H24N4O4/c1-15-12-21(22(27(29)30)16(2)25-15)26-19-10-8-18(9-11-19)14-20(31-23(24)28)13-17-6-4-3-5-7-17/h3-12,20H,13-14H2,1-2H3,(H2,24,28)(H,25,26). The summed E-state index contributed by atoms with van der Waals surface area (Å²) in [5.41, 5.74) is 9.33. The predicted octanol–water partition coefficient (Wildman–Crippen LogP) is 4.60. The van der Waals surface area contributed by atoms with Crippen LogP contribution < -0.4 is 11.1 Å². The number of benzene rings is 2. The van der Waals surface area contributed by atoms with Crippen molar-refractivity contribution < 1.29 is 14.5 Å². The minimum absolute atomic E-state index is 0.0486. The van der Waals surface area contributed by atoms with E-state index in [1.54, 1.807) is 19.9 Å². The number of aryl methyl sites for hydroxylation is 2. The number of nitrogens with zero attached hydrogens (tertiary/aromatic N) is 2. The van der Waals surface area contributed by atoms with E-state index < -0.39 is 17.1 Å². The van der Waals surface area contributed by atoms with Crippen LogP contribution in [0.2, 0.25) is 0 Å². The summed E-state index contributed by atoms with van der Waals surface area (Å²) in [5.74, 6) is 0. The molecule has 0 radical (unpaired) electrons. The van der Waals surface area contributed by atoms with Gasteiger partial charge in [0.15, 0.2) is 0 Å². The van der Waals surface area contributed by atoms with Gasteiger partial charge in [-0.25, -0.2) is 4.79 Å². The van der Waals surface area contributed by atoms with E-state index in [9.17, 15) is 14.9 Å². The van der Waals surface area contributed by atoms with E-state index in [2.05, 4.69) is 10.3 Å². The van der Waals surface area contributed by atoms with Crippen LogP contribution in [-0.4, -0.2) is 22.1 Å². The number of ether oxygens (including phenoxy) is 1. The summed E-state index contributed by atoms with van der Waals surface area (Å²) in [7, 11) is 0. The third-order valence-corrected chi connectivity index (χ3v) is 4.76. The number of hydrogen-bond acceptors (Lipinski definition) is 6. The highest BCUT2D eigenvalue weighted by molar-refractivity contribution is 5.71. The second-order valence-electron chi connectivity index (χ2n) is 7.28. The molecule has 3 rings (SSSR count). The molecule has 1 amide bonds. The van der Waals surface area contributed by atoms with Gasteiger partial charge in [0.25, 0.3) is 0 Å². The summed E-state index contributed by atoms with van der Waals surface area (Å²) in [6, 6.07) is 18.8. The van der Waals surface area contributed by atoms with Crippen LogP contribution in [0.1, 0.15) is 22.5 Å². The Morgan fingerprint density at radius 3 is 2.29 bits per heavy atom. The quantitative estimate of drug-likeness (QED) is 0.406. The highest BCUT2D eigenvalue weighted by Crippen LogP contribution is 2.30. The maximum Gasteiger partial charge on any atom is 0.404 e. The van der Waals surface area contributed by atoms with Gasteiger partial charge >= 0.3 is 11.8 Å². The van der Waals surface area contributed by atoms with Crippen molar-refractivity contribution in [2.75, 3.05) is 5.32 Å². The molecule has 1 unspecified atom stereocenters. The highest BCUT2D eigenvalue weighted by Gasteiger charge is 2.20. The lowest BCUT2D eigenvalue weighted by molar-refractivity contribution is -0.384. The molecule has 0 saturated heterocycles. The summed E-state index contributed by atoms with van der Waals surface area (Å²) in [4.78, 5) is 26.5. The molecule has 0 saturated carbocycles. The Morgan fingerprint density at radius 1 is 1.10 bits per heavy atom. The maximum absolute atomic E-state index is 11.4. The molecule has 8 heteroatoms. The topological polar surface area (TPSA) is 120 Å². The van der Waals surface area contributed by atoms with Crippen LogP contribution in [0.3, 0.4) is 0 Å². The predicted molar refractivity (Wildman–Crippen MR) is 118 cm³/mol. The number of primary amides is 1. The largest absolute Gasteiger partial charge is 0.446 e. The average Bonchev–Trinajstić information content (AvgIpc) is 2.69. The summed E-state index contributed by atoms with van der Waals surface area (Å²) in [5, 5.41) is 14.5. The molecule has 0 spiro atoms. The number of aromatic nitrogens is 1. The smallest absolute Gasteiger partial charge is 0.404 e. The molecule has 1 heterocycles. The van der Waals surface area contributed by atoms with E-state index >= 15 is 0 Å². The van der Waals surface area contributed by atoms with Gasteiger partial charge in [-0.05, 0) is 43.2 Å². The third kappa shape index (κ3) is 6.02. The van der Waals surface area contributed by atoms with Gasteiger partial charge in [-0.1, -0.05) is 42.5 Å². The lowest BCUT2D eigenvalue weighted by Gasteiger charge is -2.17. The SMILES string of the molecule is Cc1cc(Nc2ccc(CC(Cc3ccccc3)OC(N)=O)cc2)c([N+](=O)[O-])c(C)n1. The fourth-order valence-corrected chi connectivity index (χ4v) is 3.49. The van der Waals surface area contributed by atoms with Crippen LogP contribution in [0.25, 0.3) is 0 Å². The molecule has 1 aromatic heterocycles. The molecule has 8 nitrogen and oxygen atoms in total. The second-order valence-corrected chi connectivity index (χ2v) is 7.28. The van der Waals surface area contributed by atoms with Gasteiger partial charge in [-0.3, -0.25) is 15.1 Å². The number of nitro groups is 1. The zero-order valence-electron chi connectivity index (χ0n) is 17.4. The molecule has 1 atom stereocenters. The Hall–Kier alpha value is -3.94. The molecular formula is C23H24N4O4. The number of carbonyl (C=O) groups is 1. The van der Waals surface area contributed by atoms with Gasteiger partial charge in [0.1, 0.15) is 17.5 Å². The molecule has 0 bridgehead atoms. The molecule has 2 aromatic carbocycles. The Kier molecular flexibility index (Phi) is 6.81. The Labute approximate surface area is 180 Å². The Balaban J connectivity index is 1.75. The normalized spacial score (nSPS) is 11.5. The number of amides is 1. The fraction of sp³-hybridized carbons (Fsp3) is 0.217. The van der Waals surface area contributed by atoms with Gasteiger partial charge in [0.05, 0.1) is 4.92 Å². The van der Waals surface area contributed by atoms with E-state index in [1.165, 1.54) is 0 Å². The number of carbonyl (C=O) groups excluding carboxylic acids is 1. The molecule has 0 aliphatic rings. The summed E-state index contributed by atoms with van der Waals surface area (Å²) < 4.78 is 5.29. The average molecular weight is 420 g/mol. The lowest BCUT2D eigenvalue weighted by Crippen LogP contribution is -2.26.